The molecule has 1 aliphatic rings. The predicted molar refractivity (Wildman–Crippen MR) is 76.1 cm³/mol. The average Bonchev–Trinajstić information content (AvgIpc) is 2.37. The van der Waals surface area contributed by atoms with Gasteiger partial charge in [-0.2, -0.15) is 0 Å². The highest BCUT2D eigenvalue weighted by Crippen LogP contribution is 2.26. The summed E-state index contributed by atoms with van der Waals surface area (Å²) in [7, 11) is 0. The lowest BCUT2D eigenvalue weighted by molar-refractivity contribution is -0.145. The molecule has 104 valence electrons. The fraction of sp³-hybridized carbons (Fsp3) is 0.562. The van der Waals surface area contributed by atoms with Crippen LogP contribution in [0.2, 0.25) is 0 Å². The van der Waals surface area contributed by atoms with Crippen LogP contribution in [0.3, 0.4) is 0 Å². The number of nitrogens with zero attached hydrogens (tertiary/aromatic N) is 1. The summed E-state index contributed by atoms with van der Waals surface area (Å²) in [6.45, 7) is 8.17. The number of piperidine rings is 1. The number of hydrogen-bond acceptors (Lipinski definition) is 2. The smallest absolute Gasteiger partial charge is 0.308 e. The lowest BCUT2D eigenvalue weighted by Crippen LogP contribution is -2.45. The molecule has 1 aromatic rings. The number of benzene rings is 1. The number of aryl methyl sites for hydroxylation is 1. The first-order valence-electron chi connectivity index (χ1n) is 7.02. The lowest BCUT2D eigenvalue weighted by atomic mass is 9.89. The molecule has 0 unspecified atom stereocenters. The third-order valence-electron chi connectivity index (χ3n) is 4.53. The molecule has 1 saturated heterocycles. The van der Waals surface area contributed by atoms with E-state index in [1.807, 2.05) is 6.92 Å². The maximum Gasteiger partial charge on any atom is 0.308 e. The van der Waals surface area contributed by atoms with Gasteiger partial charge in [0.05, 0.1) is 5.92 Å². The predicted octanol–water partition coefficient (Wildman–Crippen LogP) is 2.99. The van der Waals surface area contributed by atoms with E-state index in [4.69, 9.17) is 0 Å². The summed E-state index contributed by atoms with van der Waals surface area (Å²) in [5.41, 5.74) is 3.95. The number of hydrogen-bond donors (Lipinski definition) is 1. The molecule has 2 rings (SSSR count). The van der Waals surface area contributed by atoms with Gasteiger partial charge in [0.15, 0.2) is 0 Å². The fourth-order valence-electron chi connectivity index (χ4n) is 2.97. The molecule has 0 aliphatic carbocycles. The van der Waals surface area contributed by atoms with Crippen molar-refractivity contribution in [3.63, 3.8) is 0 Å². The third-order valence-corrected chi connectivity index (χ3v) is 4.53. The molecule has 1 fully saturated rings. The van der Waals surface area contributed by atoms with E-state index in [1.54, 1.807) is 0 Å². The molecule has 0 amide bonds. The van der Waals surface area contributed by atoms with Gasteiger partial charge in [-0.3, -0.25) is 9.69 Å². The summed E-state index contributed by atoms with van der Waals surface area (Å²) in [5, 5.41) is 9.26. The Morgan fingerprint density at radius 3 is 2.84 bits per heavy atom. The molecule has 0 saturated carbocycles. The summed E-state index contributed by atoms with van der Waals surface area (Å²) in [6.07, 6.45) is 1.78. The van der Waals surface area contributed by atoms with Gasteiger partial charge < -0.3 is 5.11 Å². The minimum absolute atomic E-state index is 0.117. The molecule has 1 N–H and O–H groups in total. The van der Waals surface area contributed by atoms with Gasteiger partial charge in [0, 0.05) is 12.6 Å². The normalized spacial score (nSPS) is 24.4. The van der Waals surface area contributed by atoms with E-state index < -0.39 is 5.97 Å². The zero-order chi connectivity index (χ0) is 14.0. The maximum absolute atomic E-state index is 11.3. The number of carboxylic acids is 1. The first-order chi connectivity index (χ1) is 9.00. The Morgan fingerprint density at radius 1 is 1.42 bits per heavy atom. The molecular weight excluding hydrogens is 238 g/mol. The van der Waals surface area contributed by atoms with Gasteiger partial charge in [-0.15, -0.1) is 0 Å². The first kappa shape index (κ1) is 14.1. The van der Waals surface area contributed by atoms with Crippen molar-refractivity contribution in [2.75, 3.05) is 6.54 Å². The van der Waals surface area contributed by atoms with Crippen LogP contribution in [0.4, 0.5) is 0 Å². The number of aliphatic carboxylic acids is 1. The van der Waals surface area contributed by atoms with Crippen LogP contribution < -0.4 is 0 Å². The summed E-state index contributed by atoms with van der Waals surface area (Å²) in [5.74, 6) is -0.878. The molecule has 0 bridgehead atoms. The largest absolute Gasteiger partial charge is 0.481 e. The van der Waals surface area contributed by atoms with E-state index in [1.165, 1.54) is 16.7 Å². The van der Waals surface area contributed by atoms with E-state index >= 15 is 0 Å². The summed E-state index contributed by atoms with van der Waals surface area (Å²) >= 11 is 0. The van der Waals surface area contributed by atoms with E-state index in [0.717, 1.165) is 25.9 Å². The van der Waals surface area contributed by atoms with E-state index in [2.05, 4.69) is 36.9 Å². The van der Waals surface area contributed by atoms with Crippen molar-refractivity contribution >= 4 is 5.97 Å². The summed E-state index contributed by atoms with van der Waals surface area (Å²) in [4.78, 5) is 13.6. The van der Waals surface area contributed by atoms with Gasteiger partial charge in [0.1, 0.15) is 0 Å². The topological polar surface area (TPSA) is 40.5 Å². The van der Waals surface area contributed by atoms with Crippen molar-refractivity contribution in [2.45, 2.75) is 46.2 Å². The maximum atomic E-state index is 11.3. The van der Waals surface area contributed by atoms with Gasteiger partial charge in [-0.05, 0) is 56.8 Å². The second-order valence-corrected chi connectivity index (χ2v) is 5.66. The van der Waals surface area contributed by atoms with Crippen molar-refractivity contribution in [2.24, 2.45) is 5.92 Å². The van der Waals surface area contributed by atoms with Gasteiger partial charge in [-0.25, -0.2) is 0 Å². The Balaban J connectivity index is 2.14. The third kappa shape index (κ3) is 2.98. The highest BCUT2D eigenvalue weighted by Gasteiger charge is 2.32. The summed E-state index contributed by atoms with van der Waals surface area (Å²) < 4.78 is 0. The Bertz CT molecular complexity index is 470. The van der Waals surface area contributed by atoms with Crippen LogP contribution in [0.25, 0.3) is 0 Å². The number of carbonyl (C=O) groups is 1. The average molecular weight is 261 g/mol. The zero-order valence-electron chi connectivity index (χ0n) is 12.0. The molecule has 0 spiro atoms. The number of likely N-dealkylation sites (tertiary alicyclic amines) is 1. The standard InChI is InChI=1S/C16H23NO2/c1-11-6-4-7-14(12(11)2)10-17-9-5-8-15(13(17)3)16(18)19/h4,6-7,13,15H,5,8-10H2,1-3H3,(H,18,19)/t13-,15-/m1/s1. The SMILES string of the molecule is Cc1cccc(CN2CCC[C@@H](C(=O)O)[C@H]2C)c1C. The van der Waals surface area contributed by atoms with E-state index in [0.29, 0.717) is 0 Å². The van der Waals surface area contributed by atoms with Crippen LogP contribution in [-0.4, -0.2) is 28.6 Å². The highest BCUT2D eigenvalue weighted by molar-refractivity contribution is 5.71. The zero-order valence-corrected chi connectivity index (χ0v) is 12.0. The van der Waals surface area contributed by atoms with E-state index in [9.17, 15) is 9.90 Å². The van der Waals surface area contributed by atoms with Crippen LogP contribution in [0.1, 0.15) is 36.5 Å². The van der Waals surface area contributed by atoms with Crippen molar-refractivity contribution in [3.05, 3.63) is 34.9 Å². The second-order valence-electron chi connectivity index (χ2n) is 5.66. The Hall–Kier alpha value is -1.35. The van der Waals surface area contributed by atoms with Crippen molar-refractivity contribution in [3.8, 4) is 0 Å². The Morgan fingerprint density at radius 2 is 2.16 bits per heavy atom. The van der Waals surface area contributed by atoms with Crippen LogP contribution in [0.5, 0.6) is 0 Å². The molecule has 1 heterocycles. The number of rotatable bonds is 3. The second kappa shape index (κ2) is 5.74. The molecule has 3 nitrogen and oxygen atoms in total. The summed E-state index contributed by atoms with van der Waals surface area (Å²) in [6, 6.07) is 6.48. The van der Waals surface area contributed by atoms with Crippen LogP contribution in [0.15, 0.2) is 18.2 Å². The van der Waals surface area contributed by atoms with Gasteiger partial charge >= 0.3 is 5.97 Å². The molecule has 0 aromatic heterocycles. The van der Waals surface area contributed by atoms with Gasteiger partial charge in [0.25, 0.3) is 0 Å². The number of carboxylic acid groups (broad SMARTS) is 1. The minimum atomic E-state index is -0.654. The molecule has 19 heavy (non-hydrogen) atoms. The monoisotopic (exact) mass is 261 g/mol. The van der Waals surface area contributed by atoms with E-state index in [-0.39, 0.29) is 12.0 Å². The van der Waals surface area contributed by atoms with Crippen molar-refractivity contribution < 1.29 is 9.90 Å². The molecular formula is C16H23NO2. The fourth-order valence-corrected chi connectivity index (χ4v) is 2.97. The highest BCUT2D eigenvalue weighted by atomic mass is 16.4. The molecule has 1 aliphatic heterocycles. The quantitative estimate of drug-likeness (QED) is 0.909. The molecule has 3 heteroatoms. The van der Waals surface area contributed by atoms with Crippen molar-refractivity contribution in [1.82, 2.24) is 4.90 Å². The molecule has 2 atom stereocenters. The van der Waals surface area contributed by atoms with Gasteiger partial charge in [-0.1, -0.05) is 18.2 Å². The lowest BCUT2D eigenvalue weighted by Gasteiger charge is -2.37. The minimum Gasteiger partial charge on any atom is -0.481 e. The van der Waals surface area contributed by atoms with Crippen LogP contribution >= 0.6 is 0 Å². The van der Waals surface area contributed by atoms with Crippen LogP contribution in [-0.2, 0) is 11.3 Å². The Labute approximate surface area is 115 Å². The van der Waals surface area contributed by atoms with Crippen LogP contribution in [0, 0.1) is 19.8 Å². The first-order valence-corrected chi connectivity index (χ1v) is 7.02. The van der Waals surface area contributed by atoms with Gasteiger partial charge in [0.2, 0.25) is 0 Å². The molecule has 0 radical (unpaired) electrons. The van der Waals surface area contributed by atoms with Crippen molar-refractivity contribution in [1.29, 1.82) is 0 Å². The Kier molecular flexibility index (Phi) is 4.25. The molecule has 1 aromatic carbocycles.